The van der Waals surface area contributed by atoms with Gasteiger partial charge in [0.15, 0.2) is 5.57 Å². The summed E-state index contributed by atoms with van der Waals surface area (Å²) in [6.45, 7) is 1.54. The Morgan fingerprint density at radius 2 is 2.16 bits per heavy atom. The number of ether oxygens (including phenoxy) is 1. The Morgan fingerprint density at radius 1 is 1.38 bits per heavy atom. The molecule has 2 aromatic heterocycles. The molecule has 1 saturated heterocycles. The number of morpholine rings is 1. The number of rotatable bonds is 4. The van der Waals surface area contributed by atoms with Crippen LogP contribution in [0.5, 0.6) is 0 Å². The Labute approximate surface area is 184 Å². The Bertz CT molecular complexity index is 1410. The zero-order chi connectivity index (χ0) is 22.7. The van der Waals surface area contributed by atoms with E-state index in [1.54, 1.807) is 18.2 Å². The molecule has 1 aliphatic heterocycles. The smallest absolute Gasteiger partial charge is 0.270 e. The molecule has 1 amide bonds. The molecule has 3 heterocycles. The van der Waals surface area contributed by atoms with E-state index >= 15 is 0 Å². The van der Waals surface area contributed by atoms with Crippen LogP contribution in [0.25, 0.3) is 22.9 Å². The van der Waals surface area contributed by atoms with Crippen LogP contribution in [0.4, 0.5) is 5.69 Å². The number of benzene rings is 1. The van der Waals surface area contributed by atoms with E-state index in [9.17, 15) is 25.0 Å². The summed E-state index contributed by atoms with van der Waals surface area (Å²) in [5.74, 6) is -0.458. The highest BCUT2D eigenvalue weighted by Gasteiger charge is 2.22. The summed E-state index contributed by atoms with van der Waals surface area (Å²) in [5, 5.41) is 27.4. The molecule has 3 aromatic rings. The quantitative estimate of drug-likeness (QED) is 0.419. The third-order valence-corrected chi connectivity index (χ3v) is 5.85. The summed E-state index contributed by atoms with van der Waals surface area (Å²) in [6, 6.07) is 7.92. The van der Waals surface area contributed by atoms with Gasteiger partial charge >= 0.3 is 0 Å². The fraction of sp³-hybridized carbons (Fsp3) is 0.200. The van der Waals surface area contributed by atoms with Gasteiger partial charge in [0.05, 0.1) is 34.6 Å². The van der Waals surface area contributed by atoms with Crippen LogP contribution < -0.4 is 14.8 Å². The molecular weight excluding hydrogens is 436 g/mol. The number of non-ortho nitro benzene ring substituents is 1. The van der Waals surface area contributed by atoms with E-state index < -0.39 is 16.4 Å². The Morgan fingerprint density at radius 3 is 2.88 bits per heavy atom. The predicted octanol–water partition coefficient (Wildman–Crippen LogP) is 0.0966. The Kier molecular flexibility index (Phi) is 5.93. The SMILES string of the molecule is N#CC(C(=O)N1CCOCC1)=c1[nH]c(=O)c(=Cc2cn[nH]c2-c2cccc([N+](=O)[O-])c2)s1. The number of aromatic nitrogens is 3. The molecule has 0 unspecified atom stereocenters. The second-order valence-electron chi connectivity index (χ2n) is 6.79. The van der Waals surface area contributed by atoms with Crippen molar-refractivity contribution >= 4 is 34.6 Å². The van der Waals surface area contributed by atoms with Gasteiger partial charge in [-0.25, -0.2) is 0 Å². The van der Waals surface area contributed by atoms with Crippen molar-refractivity contribution in [3.8, 4) is 17.3 Å². The van der Waals surface area contributed by atoms with Gasteiger partial charge < -0.3 is 14.6 Å². The maximum Gasteiger partial charge on any atom is 0.270 e. The van der Waals surface area contributed by atoms with E-state index in [-0.39, 0.29) is 20.5 Å². The van der Waals surface area contributed by atoms with Crippen molar-refractivity contribution in [2.45, 2.75) is 0 Å². The van der Waals surface area contributed by atoms with Gasteiger partial charge in [0.2, 0.25) is 0 Å². The number of nitro groups is 1. The van der Waals surface area contributed by atoms with Crippen molar-refractivity contribution in [1.82, 2.24) is 20.1 Å². The first kappa shape index (κ1) is 21.2. The summed E-state index contributed by atoms with van der Waals surface area (Å²) in [6.07, 6.45) is 3.04. The van der Waals surface area contributed by atoms with Crippen LogP contribution in [-0.4, -0.2) is 57.2 Å². The molecule has 2 N–H and O–H groups in total. The summed E-state index contributed by atoms with van der Waals surface area (Å²) in [7, 11) is 0. The first-order valence-electron chi connectivity index (χ1n) is 9.48. The van der Waals surface area contributed by atoms with E-state index in [4.69, 9.17) is 4.74 Å². The number of nitrogens with one attached hydrogen (secondary N) is 2. The molecule has 1 aromatic carbocycles. The lowest BCUT2D eigenvalue weighted by molar-refractivity contribution is -0.384. The monoisotopic (exact) mass is 452 g/mol. The van der Waals surface area contributed by atoms with E-state index in [2.05, 4.69) is 15.2 Å². The van der Waals surface area contributed by atoms with Crippen LogP contribution >= 0.6 is 11.3 Å². The average Bonchev–Trinajstić information content (AvgIpc) is 3.42. The molecule has 32 heavy (non-hydrogen) atoms. The summed E-state index contributed by atoms with van der Waals surface area (Å²) >= 11 is 0.983. The topological polar surface area (TPSA) is 158 Å². The average molecular weight is 452 g/mol. The van der Waals surface area contributed by atoms with Crippen LogP contribution in [-0.2, 0) is 9.53 Å². The van der Waals surface area contributed by atoms with Gasteiger partial charge in [0, 0.05) is 36.3 Å². The number of aromatic amines is 2. The Hall–Kier alpha value is -4.08. The molecule has 1 fully saturated rings. The molecule has 0 atom stereocenters. The largest absolute Gasteiger partial charge is 0.378 e. The molecule has 4 rings (SSSR count). The van der Waals surface area contributed by atoms with Crippen LogP contribution in [0.3, 0.4) is 0 Å². The number of carbonyl (C=O) groups is 1. The van der Waals surface area contributed by atoms with Crippen molar-refractivity contribution in [3.63, 3.8) is 0 Å². The van der Waals surface area contributed by atoms with Crippen LogP contribution in [0.1, 0.15) is 5.56 Å². The Balaban J connectivity index is 1.76. The number of amides is 1. The van der Waals surface area contributed by atoms with Gasteiger partial charge in [-0.2, -0.15) is 10.4 Å². The second kappa shape index (κ2) is 8.96. The lowest BCUT2D eigenvalue weighted by atomic mass is 10.1. The highest BCUT2D eigenvalue weighted by Crippen LogP contribution is 2.25. The fourth-order valence-corrected chi connectivity index (χ4v) is 4.16. The third kappa shape index (κ3) is 4.20. The van der Waals surface area contributed by atoms with Crippen molar-refractivity contribution in [1.29, 1.82) is 5.26 Å². The number of nitro benzene ring substituents is 1. The molecule has 1 aliphatic rings. The summed E-state index contributed by atoms with van der Waals surface area (Å²) in [5.41, 5.74) is 0.884. The van der Waals surface area contributed by atoms with Gasteiger partial charge in [0.1, 0.15) is 10.7 Å². The third-order valence-electron chi connectivity index (χ3n) is 4.81. The van der Waals surface area contributed by atoms with Crippen LogP contribution in [0.15, 0.2) is 35.3 Å². The van der Waals surface area contributed by atoms with Crippen molar-refractivity contribution < 1.29 is 14.5 Å². The number of hydrogen-bond donors (Lipinski definition) is 2. The van der Waals surface area contributed by atoms with Crippen molar-refractivity contribution in [2.24, 2.45) is 0 Å². The second-order valence-corrected chi connectivity index (χ2v) is 7.85. The molecule has 0 aliphatic carbocycles. The first-order chi connectivity index (χ1) is 15.5. The van der Waals surface area contributed by atoms with Crippen molar-refractivity contribution in [2.75, 3.05) is 26.3 Å². The van der Waals surface area contributed by atoms with E-state index in [1.807, 2.05) is 6.07 Å². The minimum Gasteiger partial charge on any atom is -0.378 e. The normalized spacial score (nSPS) is 15.3. The van der Waals surface area contributed by atoms with Gasteiger partial charge in [-0.1, -0.05) is 12.1 Å². The van der Waals surface area contributed by atoms with E-state index in [0.717, 1.165) is 11.3 Å². The summed E-state index contributed by atoms with van der Waals surface area (Å²) < 4.78 is 5.65. The number of nitrogens with zero attached hydrogens (tertiary/aromatic N) is 4. The minimum absolute atomic E-state index is 0.0748. The lowest BCUT2D eigenvalue weighted by Crippen LogP contribution is -2.42. The highest BCUT2D eigenvalue weighted by molar-refractivity contribution is 7.07. The highest BCUT2D eigenvalue weighted by atomic mass is 32.1. The number of thiazole rings is 1. The minimum atomic E-state index is -0.496. The van der Waals surface area contributed by atoms with Gasteiger partial charge in [-0.15, -0.1) is 11.3 Å². The summed E-state index contributed by atoms with van der Waals surface area (Å²) in [4.78, 5) is 39.9. The van der Waals surface area contributed by atoms with Crippen molar-refractivity contribution in [3.05, 3.63) is 65.7 Å². The van der Waals surface area contributed by atoms with Crippen LogP contribution in [0, 0.1) is 21.4 Å². The zero-order valence-corrected chi connectivity index (χ0v) is 17.3. The zero-order valence-electron chi connectivity index (χ0n) is 16.5. The maximum atomic E-state index is 12.7. The molecule has 11 nitrogen and oxygen atoms in total. The van der Waals surface area contributed by atoms with E-state index in [0.29, 0.717) is 43.1 Å². The molecule has 0 radical (unpaired) electrons. The van der Waals surface area contributed by atoms with Gasteiger partial charge in [-0.3, -0.25) is 24.8 Å². The molecule has 12 heteroatoms. The standard InChI is InChI=1S/C20H16N6O5S/c21-10-15(20(28)25-4-6-31-7-5-25)19-23-18(27)16(32-19)9-13-11-22-24-17(13)12-2-1-3-14(8-12)26(29)30/h1-3,8-9,11H,4-7H2,(H,22,24)(H,23,27). The molecular formula is C20H16N6O5S. The molecule has 0 spiro atoms. The molecule has 0 bridgehead atoms. The fourth-order valence-electron chi connectivity index (χ4n) is 3.23. The first-order valence-corrected chi connectivity index (χ1v) is 10.3. The molecule has 0 saturated carbocycles. The number of carbonyl (C=O) groups excluding carboxylic acids is 1. The van der Waals surface area contributed by atoms with Gasteiger partial charge in [0.25, 0.3) is 17.2 Å². The predicted molar refractivity (Wildman–Crippen MR) is 115 cm³/mol. The number of H-pyrrole nitrogens is 2. The number of nitriles is 1. The van der Waals surface area contributed by atoms with E-state index in [1.165, 1.54) is 23.2 Å². The maximum absolute atomic E-state index is 12.7. The lowest BCUT2D eigenvalue weighted by Gasteiger charge is -2.26. The molecule has 162 valence electrons. The number of hydrogen-bond acceptors (Lipinski definition) is 8. The van der Waals surface area contributed by atoms with Gasteiger partial charge in [-0.05, 0) is 6.08 Å². The van der Waals surface area contributed by atoms with Crippen LogP contribution in [0.2, 0.25) is 0 Å².